The number of benzene rings is 1. The lowest BCUT2D eigenvalue weighted by Gasteiger charge is -2.20. The van der Waals surface area contributed by atoms with Crippen molar-refractivity contribution in [3.63, 3.8) is 0 Å². The van der Waals surface area contributed by atoms with Crippen molar-refractivity contribution in [2.75, 3.05) is 12.0 Å². The molecule has 8 heteroatoms. The zero-order valence-corrected chi connectivity index (χ0v) is 14.8. The molecule has 2 aromatic heterocycles. The maximum absolute atomic E-state index is 12.0. The highest BCUT2D eigenvalue weighted by atomic mass is 32.2. The van der Waals surface area contributed by atoms with Gasteiger partial charge in [0.25, 0.3) is 0 Å². The van der Waals surface area contributed by atoms with Gasteiger partial charge in [-0.05, 0) is 20.8 Å². The molecule has 126 valence electrons. The van der Waals surface area contributed by atoms with E-state index < -0.39 is 9.84 Å². The SMILES string of the molecule is CC(C)(C)n1nc2nc(S(C)(=O)=O)nc(-c3ccccc3)c2c1N. The number of aromatic nitrogens is 4. The normalized spacial score (nSPS) is 12.7. The molecule has 0 bridgehead atoms. The number of anilines is 1. The van der Waals surface area contributed by atoms with Crippen LogP contribution in [0.15, 0.2) is 35.5 Å². The number of nitrogen functional groups attached to an aromatic ring is 1. The number of rotatable bonds is 2. The third kappa shape index (κ3) is 2.73. The molecule has 0 atom stereocenters. The molecule has 0 aliphatic carbocycles. The Morgan fingerprint density at radius 3 is 2.25 bits per heavy atom. The molecule has 3 rings (SSSR count). The molecule has 0 saturated heterocycles. The van der Waals surface area contributed by atoms with E-state index in [2.05, 4.69) is 15.1 Å². The molecular formula is C16H19N5O2S. The summed E-state index contributed by atoms with van der Waals surface area (Å²) in [7, 11) is -3.58. The summed E-state index contributed by atoms with van der Waals surface area (Å²) in [6.45, 7) is 5.88. The second kappa shape index (κ2) is 5.27. The predicted octanol–water partition coefficient (Wildman–Crippen LogP) is 2.23. The minimum absolute atomic E-state index is 0.257. The number of hydrogen-bond donors (Lipinski definition) is 1. The summed E-state index contributed by atoms with van der Waals surface area (Å²) in [5.41, 5.74) is 7.42. The van der Waals surface area contributed by atoms with Crippen molar-refractivity contribution >= 4 is 26.7 Å². The quantitative estimate of drug-likeness (QED) is 0.714. The number of nitrogens with two attached hydrogens (primary N) is 1. The highest BCUT2D eigenvalue weighted by Gasteiger charge is 2.25. The number of nitrogens with zero attached hydrogens (tertiary/aromatic N) is 4. The molecule has 2 heterocycles. The Hall–Kier alpha value is -2.48. The van der Waals surface area contributed by atoms with Crippen LogP contribution in [-0.4, -0.2) is 34.4 Å². The molecule has 0 radical (unpaired) electrons. The summed E-state index contributed by atoms with van der Waals surface area (Å²) < 4.78 is 25.6. The Morgan fingerprint density at radius 1 is 1.08 bits per heavy atom. The fourth-order valence-corrected chi connectivity index (χ4v) is 2.98. The largest absolute Gasteiger partial charge is 0.383 e. The summed E-state index contributed by atoms with van der Waals surface area (Å²) in [5, 5.41) is 4.72. The Balaban J connectivity index is 2.45. The lowest BCUT2D eigenvalue weighted by molar-refractivity contribution is 0.364. The first-order chi connectivity index (χ1) is 11.1. The van der Waals surface area contributed by atoms with Crippen LogP contribution in [0.3, 0.4) is 0 Å². The molecular weight excluding hydrogens is 326 g/mol. The third-order valence-corrected chi connectivity index (χ3v) is 4.41. The molecule has 2 N–H and O–H groups in total. The fourth-order valence-electron chi connectivity index (χ4n) is 2.47. The molecule has 0 saturated carbocycles. The van der Waals surface area contributed by atoms with Gasteiger partial charge in [0.05, 0.1) is 16.6 Å². The van der Waals surface area contributed by atoms with E-state index in [1.165, 1.54) is 0 Å². The summed E-state index contributed by atoms with van der Waals surface area (Å²) >= 11 is 0. The van der Waals surface area contributed by atoms with Gasteiger partial charge in [-0.1, -0.05) is 30.3 Å². The summed E-state index contributed by atoms with van der Waals surface area (Å²) in [4.78, 5) is 8.38. The van der Waals surface area contributed by atoms with Gasteiger partial charge in [0.2, 0.25) is 15.0 Å². The van der Waals surface area contributed by atoms with Gasteiger partial charge < -0.3 is 5.73 Å². The van der Waals surface area contributed by atoms with Crippen LogP contribution in [-0.2, 0) is 15.4 Å². The summed E-state index contributed by atoms with van der Waals surface area (Å²) in [6.07, 6.45) is 1.08. The van der Waals surface area contributed by atoms with Gasteiger partial charge in [-0.2, -0.15) is 4.98 Å². The van der Waals surface area contributed by atoms with Crippen LogP contribution >= 0.6 is 0 Å². The van der Waals surface area contributed by atoms with Gasteiger partial charge in [0.15, 0.2) is 5.65 Å². The van der Waals surface area contributed by atoms with Crippen LogP contribution < -0.4 is 5.73 Å². The van der Waals surface area contributed by atoms with E-state index in [1.807, 2.05) is 51.1 Å². The zero-order valence-electron chi connectivity index (χ0n) is 14.0. The fraction of sp³-hybridized carbons (Fsp3) is 0.312. The Kier molecular flexibility index (Phi) is 3.60. The lowest BCUT2D eigenvalue weighted by atomic mass is 10.1. The highest BCUT2D eigenvalue weighted by molar-refractivity contribution is 7.90. The number of sulfone groups is 1. The zero-order chi connectivity index (χ0) is 17.7. The van der Waals surface area contributed by atoms with E-state index in [1.54, 1.807) is 4.68 Å². The van der Waals surface area contributed by atoms with E-state index >= 15 is 0 Å². The second-order valence-corrected chi connectivity index (χ2v) is 8.57. The van der Waals surface area contributed by atoms with E-state index in [9.17, 15) is 8.42 Å². The molecule has 0 unspecified atom stereocenters. The number of hydrogen-bond acceptors (Lipinski definition) is 6. The lowest BCUT2D eigenvalue weighted by Crippen LogP contribution is -2.24. The van der Waals surface area contributed by atoms with Gasteiger partial charge in [0.1, 0.15) is 5.82 Å². The predicted molar refractivity (Wildman–Crippen MR) is 93.3 cm³/mol. The standard InChI is InChI=1S/C16H19N5O2S/c1-16(2,3)21-13(17)11-12(10-8-6-5-7-9-10)18-15(24(4,22)23)19-14(11)20-21/h5-9H,17H2,1-4H3. The van der Waals surface area contributed by atoms with Crippen LogP contribution in [0.2, 0.25) is 0 Å². The van der Waals surface area contributed by atoms with E-state index in [0.717, 1.165) is 11.8 Å². The molecule has 7 nitrogen and oxygen atoms in total. The van der Waals surface area contributed by atoms with Crippen molar-refractivity contribution < 1.29 is 8.42 Å². The Morgan fingerprint density at radius 2 is 1.71 bits per heavy atom. The smallest absolute Gasteiger partial charge is 0.249 e. The van der Waals surface area contributed by atoms with Gasteiger partial charge in [-0.3, -0.25) is 0 Å². The molecule has 0 aliphatic heterocycles. The van der Waals surface area contributed by atoms with Crippen molar-refractivity contribution in [1.29, 1.82) is 0 Å². The Bertz CT molecular complexity index is 1020. The first-order valence-corrected chi connectivity index (χ1v) is 9.30. The van der Waals surface area contributed by atoms with Crippen LogP contribution in [0.5, 0.6) is 0 Å². The van der Waals surface area contributed by atoms with Crippen molar-refractivity contribution in [2.24, 2.45) is 0 Å². The third-order valence-electron chi connectivity index (χ3n) is 3.56. The molecule has 0 spiro atoms. The second-order valence-electron chi connectivity index (χ2n) is 6.66. The highest BCUT2D eigenvalue weighted by Crippen LogP contribution is 2.33. The summed E-state index contributed by atoms with van der Waals surface area (Å²) in [6, 6.07) is 9.28. The average molecular weight is 345 g/mol. The Labute approximate surface area is 140 Å². The van der Waals surface area contributed by atoms with Crippen molar-refractivity contribution in [1.82, 2.24) is 19.7 Å². The molecule has 1 aromatic carbocycles. The van der Waals surface area contributed by atoms with Crippen molar-refractivity contribution in [2.45, 2.75) is 31.5 Å². The van der Waals surface area contributed by atoms with Crippen LogP contribution in [0, 0.1) is 0 Å². The molecule has 0 amide bonds. The van der Waals surface area contributed by atoms with Gasteiger partial charge in [-0.15, -0.1) is 5.10 Å². The number of fused-ring (bicyclic) bond motifs is 1. The van der Waals surface area contributed by atoms with Crippen LogP contribution in [0.1, 0.15) is 20.8 Å². The van der Waals surface area contributed by atoms with E-state index in [0.29, 0.717) is 16.9 Å². The van der Waals surface area contributed by atoms with Crippen LogP contribution in [0.4, 0.5) is 5.82 Å². The van der Waals surface area contributed by atoms with Gasteiger partial charge in [-0.25, -0.2) is 18.1 Å². The molecule has 0 aliphatic rings. The molecule has 3 aromatic rings. The van der Waals surface area contributed by atoms with Gasteiger partial charge in [0, 0.05) is 11.8 Å². The topological polar surface area (TPSA) is 104 Å². The first kappa shape index (κ1) is 16.4. The molecule has 24 heavy (non-hydrogen) atoms. The summed E-state index contributed by atoms with van der Waals surface area (Å²) in [5.74, 6) is 0.413. The van der Waals surface area contributed by atoms with Crippen molar-refractivity contribution in [3.8, 4) is 11.3 Å². The monoisotopic (exact) mass is 345 g/mol. The molecule has 0 fully saturated rings. The maximum atomic E-state index is 12.0. The van der Waals surface area contributed by atoms with Crippen molar-refractivity contribution in [3.05, 3.63) is 30.3 Å². The van der Waals surface area contributed by atoms with Gasteiger partial charge >= 0.3 is 0 Å². The maximum Gasteiger partial charge on any atom is 0.249 e. The van der Waals surface area contributed by atoms with Crippen LogP contribution in [0.25, 0.3) is 22.3 Å². The minimum Gasteiger partial charge on any atom is -0.383 e. The first-order valence-electron chi connectivity index (χ1n) is 7.41. The minimum atomic E-state index is -3.58. The van der Waals surface area contributed by atoms with E-state index in [-0.39, 0.29) is 16.3 Å². The average Bonchev–Trinajstić information content (AvgIpc) is 2.84. The van der Waals surface area contributed by atoms with E-state index in [4.69, 9.17) is 5.73 Å².